The van der Waals surface area contributed by atoms with Crippen LogP contribution >= 0.6 is 15.9 Å². The number of carbonyl (C=O) groups excluding carboxylic acids is 1. The number of halogens is 1. The summed E-state index contributed by atoms with van der Waals surface area (Å²) in [5.41, 5.74) is 2.49. The van der Waals surface area contributed by atoms with E-state index in [-0.39, 0.29) is 5.97 Å². The zero-order valence-electron chi connectivity index (χ0n) is 17.0. The molecule has 3 aromatic rings. The van der Waals surface area contributed by atoms with Crippen molar-refractivity contribution in [2.45, 2.75) is 27.3 Å². The van der Waals surface area contributed by atoms with Gasteiger partial charge in [0.15, 0.2) is 0 Å². The minimum atomic E-state index is -0.557. The number of nitrogens with zero attached hydrogens (tertiary/aromatic N) is 3. The fourth-order valence-corrected chi connectivity index (χ4v) is 3.26. The van der Waals surface area contributed by atoms with Crippen LogP contribution in [0, 0.1) is 5.41 Å². The lowest BCUT2D eigenvalue weighted by atomic mass is 9.97. The molecule has 0 unspecified atom stereocenters. The number of esters is 1. The predicted molar refractivity (Wildman–Crippen MR) is 117 cm³/mol. The Kier molecular flexibility index (Phi) is 5.91. The fourth-order valence-electron chi connectivity index (χ4n) is 2.80. The maximum Gasteiger partial charge on any atom is 0.316 e. The van der Waals surface area contributed by atoms with E-state index in [1.54, 1.807) is 0 Å². The van der Waals surface area contributed by atoms with E-state index >= 15 is 0 Å². The van der Waals surface area contributed by atoms with Crippen LogP contribution in [0.3, 0.4) is 0 Å². The third kappa shape index (κ3) is 4.45. The molecule has 0 saturated heterocycles. The average Bonchev–Trinajstić information content (AvgIpc) is 2.99. The van der Waals surface area contributed by atoms with E-state index in [4.69, 9.17) is 9.72 Å². The van der Waals surface area contributed by atoms with E-state index in [1.807, 2.05) is 57.2 Å². The molecule has 0 spiro atoms. The highest BCUT2D eigenvalue weighted by Crippen LogP contribution is 2.33. The van der Waals surface area contributed by atoms with Crippen LogP contribution in [0.25, 0.3) is 22.4 Å². The van der Waals surface area contributed by atoms with Gasteiger partial charge in [-0.25, -0.2) is 4.98 Å². The van der Waals surface area contributed by atoms with Crippen LogP contribution in [0.15, 0.2) is 46.9 Å². The predicted octanol–water partition coefficient (Wildman–Crippen LogP) is 4.98. The van der Waals surface area contributed by atoms with E-state index in [9.17, 15) is 4.79 Å². The number of rotatable bonds is 5. The van der Waals surface area contributed by atoms with Crippen LogP contribution in [0.2, 0.25) is 0 Å². The molecular formula is C22H26BrN3O2. The molecule has 0 fully saturated rings. The lowest BCUT2D eigenvalue weighted by Crippen LogP contribution is -2.25. The number of hydrogen-bond acceptors (Lipinski definition) is 4. The number of ether oxygens (including phenoxy) is 1. The minimum absolute atomic E-state index is 0.265. The zero-order valence-corrected chi connectivity index (χ0v) is 18.6. The topological polar surface area (TPSA) is 47.4 Å². The number of carbonyl (C=O) groups is 1. The molecule has 0 saturated carbocycles. The minimum Gasteiger partial charge on any atom is -0.425 e. The molecule has 0 bridgehead atoms. The smallest absolute Gasteiger partial charge is 0.316 e. The molecule has 148 valence electrons. The van der Waals surface area contributed by atoms with Crippen molar-refractivity contribution in [3.8, 4) is 17.1 Å². The molecule has 0 radical (unpaired) electrons. The van der Waals surface area contributed by atoms with Gasteiger partial charge in [-0.2, -0.15) is 0 Å². The molecule has 0 aliphatic rings. The SMILES string of the molecule is CN(C)CCn1c(-c2ccc(OC(=O)C(C)(C)C)c(Br)c2)nc2ccccc21. The molecule has 6 heteroatoms. The van der Waals surface area contributed by atoms with Gasteiger partial charge in [0, 0.05) is 18.7 Å². The molecule has 1 aromatic heterocycles. The summed E-state index contributed by atoms with van der Waals surface area (Å²) in [6.07, 6.45) is 0. The van der Waals surface area contributed by atoms with Crippen molar-refractivity contribution in [1.29, 1.82) is 0 Å². The molecule has 1 heterocycles. The van der Waals surface area contributed by atoms with Gasteiger partial charge in [-0.15, -0.1) is 0 Å². The summed E-state index contributed by atoms with van der Waals surface area (Å²) in [6, 6.07) is 13.9. The lowest BCUT2D eigenvalue weighted by molar-refractivity contribution is -0.143. The van der Waals surface area contributed by atoms with Gasteiger partial charge in [0.1, 0.15) is 11.6 Å². The van der Waals surface area contributed by atoms with E-state index in [1.165, 1.54) is 0 Å². The van der Waals surface area contributed by atoms with Gasteiger partial charge in [0.05, 0.1) is 20.9 Å². The Labute approximate surface area is 174 Å². The first-order chi connectivity index (χ1) is 13.2. The van der Waals surface area contributed by atoms with E-state index in [0.29, 0.717) is 5.75 Å². The first-order valence-electron chi connectivity index (χ1n) is 9.29. The van der Waals surface area contributed by atoms with Crippen molar-refractivity contribution >= 4 is 32.9 Å². The zero-order chi connectivity index (χ0) is 20.5. The number of imidazole rings is 1. The van der Waals surface area contributed by atoms with Gasteiger partial charge >= 0.3 is 5.97 Å². The van der Waals surface area contributed by atoms with Crippen molar-refractivity contribution in [3.05, 3.63) is 46.9 Å². The van der Waals surface area contributed by atoms with Crippen molar-refractivity contribution < 1.29 is 9.53 Å². The highest BCUT2D eigenvalue weighted by molar-refractivity contribution is 9.10. The van der Waals surface area contributed by atoms with Crippen LogP contribution in [0.1, 0.15) is 20.8 Å². The highest BCUT2D eigenvalue weighted by Gasteiger charge is 2.24. The number of aromatic nitrogens is 2. The molecular weight excluding hydrogens is 418 g/mol. The standard InChI is InChI=1S/C22H26BrN3O2/c1-22(2,3)21(27)28-19-11-10-15(14-16(19)23)20-24-17-8-6-7-9-18(17)26(20)13-12-25(4)5/h6-11,14H,12-13H2,1-5H3. The number of benzene rings is 2. The summed E-state index contributed by atoms with van der Waals surface area (Å²) in [5, 5.41) is 0. The second-order valence-electron chi connectivity index (χ2n) is 8.16. The van der Waals surface area contributed by atoms with Crippen LogP contribution < -0.4 is 4.74 Å². The summed E-state index contributed by atoms with van der Waals surface area (Å²) in [4.78, 5) is 19.2. The largest absolute Gasteiger partial charge is 0.425 e. The molecule has 0 atom stereocenters. The number of likely N-dealkylation sites (N-methyl/N-ethyl adjacent to an activating group) is 1. The Hall–Kier alpha value is -2.18. The van der Waals surface area contributed by atoms with E-state index < -0.39 is 5.41 Å². The maximum atomic E-state index is 12.2. The summed E-state index contributed by atoms with van der Waals surface area (Å²) < 4.78 is 8.51. The van der Waals surface area contributed by atoms with Crippen molar-refractivity contribution in [2.24, 2.45) is 5.41 Å². The lowest BCUT2D eigenvalue weighted by Gasteiger charge is -2.17. The molecule has 2 aromatic carbocycles. The van der Waals surface area contributed by atoms with Crippen LogP contribution in [0.5, 0.6) is 5.75 Å². The molecule has 0 amide bonds. The van der Waals surface area contributed by atoms with Crippen LogP contribution in [0.4, 0.5) is 0 Å². The highest BCUT2D eigenvalue weighted by atomic mass is 79.9. The molecule has 0 aliphatic carbocycles. The number of fused-ring (bicyclic) bond motifs is 1. The van der Waals surface area contributed by atoms with Gasteiger partial charge in [-0.1, -0.05) is 12.1 Å². The Bertz CT molecular complexity index is 1000. The summed E-state index contributed by atoms with van der Waals surface area (Å²) in [7, 11) is 4.13. The van der Waals surface area contributed by atoms with E-state index in [0.717, 1.165) is 40.0 Å². The van der Waals surface area contributed by atoms with Gasteiger partial charge in [0.2, 0.25) is 0 Å². The van der Waals surface area contributed by atoms with Crippen molar-refractivity contribution in [1.82, 2.24) is 14.5 Å². The Balaban J connectivity index is 1.99. The third-order valence-electron chi connectivity index (χ3n) is 4.43. The second kappa shape index (κ2) is 8.05. The first kappa shape index (κ1) is 20.6. The first-order valence-corrected chi connectivity index (χ1v) is 10.1. The fraction of sp³-hybridized carbons (Fsp3) is 0.364. The number of para-hydroxylation sites is 2. The van der Waals surface area contributed by atoms with Gasteiger partial charge in [-0.3, -0.25) is 4.79 Å². The second-order valence-corrected chi connectivity index (χ2v) is 9.02. The Morgan fingerprint density at radius 3 is 2.54 bits per heavy atom. The van der Waals surface area contributed by atoms with Crippen LogP contribution in [-0.2, 0) is 11.3 Å². The summed E-state index contributed by atoms with van der Waals surface area (Å²) in [6.45, 7) is 7.26. The van der Waals surface area contributed by atoms with Crippen molar-refractivity contribution in [3.63, 3.8) is 0 Å². The van der Waals surface area contributed by atoms with Crippen molar-refractivity contribution in [2.75, 3.05) is 20.6 Å². The third-order valence-corrected chi connectivity index (χ3v) is 5.05. The van der Waals surface area contributed by atoms with E-state index in [2.05, 4.69) is 45.6 Å². The summed E-state index contributed by atoms with van der Waals surface area (Å²) >= 11 is 3.55. The molecule has 5 nitrogen and oxygen atoms in total. The molecule has 0 aliphatic heterocycles. The molecule has 3 rings (SSSR count). The normalized spacial score (nSPS) is 12.0. The van der Waals surface area contributed by atoms with Gasteiger partial charge in [-0.05, 0) is 81.1 Å². The number of hydrogen-bond donors (Lipinski definition) is 0. The molecule has 28 heavy (non-hydrogen) atoms. The van der Waals surface area contributed by atoms with Gasteiger partial charge in [0.25, 0.3) is 0 Å². The van der Waals surface area contributed by atoms with Gasteiger partial charge < -0.3 is 14.2 Å². The van der Waals surface area contributed by atoms with Crippen LogP contribution in [-0.4, -0.2) is 41.1 Å². The Morgan fingerprint density at radius 1 is 1.18 bits per heavy atom. The maximum absolute atomic E-state index is 12.2. The Morgan fingerprint density at radius 2 is 1.89 bits per heavy atom. The summed E-state index contributed by atoms with van der Waals surface area (Å²) in [5.74, 6) is 1.15. The molecule has 0 N–H and O–H groups in total. The quantitative estimate of drug-likeness (QED) is 0.412. The average molecular weight is 444 g/mol. The monoisotopic (exact) mass is 443 g/mol.